The Hall–Kier alpha value is -1.24. The van der Waals surface area contributed by atoms with Gasteiger partial charge in [0.15, 0.2) is 0 Å². The van der Waals surface area contributed by atoms with E-state index in [9.17, 15) is 18.0 Å². The van der Waals surface area contributed by atoms with Crippen LogP contribution in [0.3, 0.4) is 0 Å². The molecule has 0 heterocycles. The predicted molar refractivity (Wildman–Crippen MR) is 63.7 cm³/mol. The first-order chi connectivity index (χ1) is 8.24. The van der Waals surface area contributed by atoms with Gasteiger partial charge in [0.2, 0.25) is 0 Å². The van der Waals surface area contributed by atoms with Gasteiger partial charge in [-0.15, -0.1) is 0 Å². The maximum Gasteiger partial charge on any atom is 0.406 e. The SMILES string of the molecule is COc1ccc(C(=O)N(C)CC(F)(F)F)c(Br)c1. The van der Waals surface area contributed by atoms with Gasteiger partial charge in [0.25, 0.3) is 5.91 Å². The molecule has 0 atom stereocenters. The average molecular weight is 326 g/mol. The summed E-state index contributed by atoms with van der Waals surface area (Å²) in [5.74, 6) is -0.196. The number of rotatable bonds is 3. The smallest absolute Gasteiger partial charge is 0.406 e. The molecule has 0 unspecified atom stereocenters. The minimum absolute atomic E-state index is 0.155. The van der Waals surface area contributed by atoms with Gasteiger partial charge in [-0.3, -0.25) is 4.79 Å². The molecule has 0 radical (unpaired) electrons. The largest absolute Gasteiger partial charge is 0.497 e. The van der Waals surface area contributed by atoms with Crippen molar-refractivity contribution in [3.63, 3.8) is 0 Å². The fourth-order valence-electron chi connectivity index (χ4n) is 1.34. The first-order valence-electron chi connectivity index (χ1n) is 4.90. The first-order valence-corrected chi connectivity index (χ1v) is 5.69. The van der Waals surface area contributed by atoms with Crippen molar-refractivity contribution in [3.8, 4) is 5.75 Å². The molecule has 0 saturated carbocycles. The summed E-state index contributed by atoms with van der Waals surface area (Å²) in [7, 11) is 2.56. The molecule has 0 aliphatic heterocycles. The number of amides is 1. The van der Waals surface area contributed by atoms with Gasteiger partial charge < -0.3 is 9.64 Å². The summed E-state index contributed by atoms with van der Waals surface area (Å²) >= 11 is 3.13. The van der Waals surface area contributed by atoms with Crippen molar-refractivity contribution in [2.45, 2.75) is 6.18 Å². The number of hydrogen-bond acceptors (Lipinski definition) is 2. The van der Waals surface area contributed by atoms with Gasteiger partial charge >= 0.3 is 6.18 Å². The molecule has 0 spiro atoms. The molecule has 0 fully saturated rings. The second-order valence-corrected chi connectivity index (χ2v) is 4.48. The molecule has 1 aromatic carbocycles. The van der Waals surface area contributed by atoms with Crippen LogP contribution in [0.1, 0.15) is 10.4 Å². The highest BCUT2D eigenvalue weighted by atomic mass is 79.9. The summed E-state index contributed by atoms with van der Waals surface area (Å²) in [4.78, 5) is 12.4. The topological polar surface area (TPSA) is 29.5 Å². The molecular weight excluding hydrogens is 315 g/mol. The molecule has 1 rings (SSSR count). The maximum absolute atomic E-state index is 12.2. The zero-order chi connectivity index (χ0) is 13.9. The summed E-state index contributed by atoms with van der Waals surface area (Å²) in [5, 5.41) is 0. The summed E-state index contributed by atoms with van der Waals surface area (Å²) in [6.45, 7) is -1.29. The van der Waals surface area contributed by atoms with Crippen LogP contribution in [-0.2, 0) is 0 Å². The molecule has 0 aliphatic rings. The number of ether oxygens (including phenoxy) is 1. The number of carbonyl (C=O) groups excluding carboxylic acids is 1. The maximum atomic E-state index is 12.2. The van der Waals surface area contributed by atoms with Crippen LogP contribution >= 0.6 is 15.9 Å². The number of hydrogen-bond donors (Lipinski definition) is 0. The minimum Gasteiger partial charge on any atom is -0.497 e. The van der Waals surface area contributed by atoms with Crippen LogP contribution in [-0.4, -0.2) is 37.7 Å². The lowest BCUT2D eigenvalue weighted by atomic mass is 10.2. The second-order valence-electron chi connectivity index (χ2n) is 3.62. The Kier molecular flexibility index (Phi) is 4.61. The van der Waals surface area contributed by atoms with Crippen LogP contribution in [0.5, 0.6) is 5.75 Å². The van der Waals surface area contributed by atoms with Crippen LogP contribution in [0.2, 0.25) is 0 Å². The number of nitrogens with zero attached hydrogens (tertiary/aromatic N) is 1. The predicted octanol–water partition coefficient (Wildman–Crippen LogP) is 3.09. The first kappa shape index (κ1) is 14.8. The molecule has 0 saturated heterocycles. The monoisotopic (exact) mass is 325 g/mol. The molecule has 0 bridgehead atoms. The molecule has 7 heteroatoms. The minimum atomic E-state index is -4.41. The van der Waals surface area contributed by atoms with Gasteiger partial charge in [-0.05, 0) is 34.1 Å². The fraction of sp³-hybridized carbons (Fsp3) is 0.364. The van der Waals surface area contributed by atoms with Gasteiger partial charge in [0.05, 0.1) is 12.7 Å². The van der Waals surface area contributed by atoms with E-state index in [1.165, 1.54) is 25.3 Å². The summed E-state index contributed by atoms with van der Waals surface area (Å²) < 4.78 is 41.9. The average Bonchev–Trinajstić information content (AvgIpc) is 2.25. The Bertz CT molecular complexity index is 448. The Morgan fingerprint density at radius 2 is 2.06 bits per heavy atom. The lowest BCUT2D eigenvalue weighted by molar-refractivity contribution is -0.138. The van der Waals surface area contributed by atoms with E-state index in [4.69, 9.17) is 4.74 Å². The number of benzene rings is 1. The van der Waals surface area contributed by atoms with E-state index in [2.05, 4.69) is 15.9 Å². The van der Waals surface area contributed by atoms with E-state index < -0.39 is 18.6 Å². The number of halogens is 4. The van der Waals surface area contributed by atoms with Gasteiger partial charge in [-0.25, -0.2) is 0 Å². The molecule has 0 aliphatic carbocycles. The van der Waals surface area contributed by atoms with Crippen molar-refractivity contribution >= 4 is 21.8 Å². The highest BCUT2D eigenvalue weighted by molar-refractivity contribution is 9.10. The molecular formula is C11H11BrF3NO2. The summed E-state index contributed by atoms with van der Waals surface area (Å²) in [5.41, 5.74) is 0.155. The van der Waals surface area contributed by atoms with E-state index in [1.807, 2.05) is 0 Å². The second kappa shape index (κ2) is 5.60. The third kappa shape index (κ3) is 3.90. The Balaban J connectivity index is 2.90. The van der Waals surface area contributed by atoms with Crippen molar-refractivity contribution in [1.29, 1.82) is 0 Å². The van der Waals surface area contributed by atoms with E-state index in [0.717, 1.165) is 7.05 Å². The standard InChI is InChI=1S/C11H11BrF3NO2/c1-16(6-11(13,14)15)10(17)8-4-3-7(18-2)5-9(8)12/h3-5H,6H2,1-2H3. The van der Waals surface area contributed by atoms with Gasteiger partial charge in [-0.1, -0.05) is 0 Å². The van der Waals surface area contributed by atoms with Crippen molar-refractivity contribution in [2.24, 2.45) is 0 Å². The lowest BCUT2D eigenvalue weighted by Gasteiger charge is -2.19. The quantitative estimate of drug-likeness (QED) is 0.854. The zero-order valence-electron chi connectivity index (χ0n) is 9.71. The van der Waals surface area contributed by atoms with Gasteiger partial charge in [0.1, 0.15) is 12.3 Å². The summed E-state index contributed by atoms with van der Waals surface area (Å²) in [6.07, 6.45) is -4.41. The third-order valence-electron chi connectivity index (χ3n) is 2.17. The van der Waals surface area contributed by atoms with Crippen molar-refractivity contribution < 1.29 is 22.7 Å². The Labute approximate surface area is 111 Å². The van der Waals surface area contributed by atoms with Crippen LogP contribution in [0.15, 0.2) is 22.7 Å². The van der Waals surface area contributed by atoms with Gasteiger partial charge in [0, 0.05) is 11.5 Å². The normalized spacial score (nSPS) is 11.2. The lowest BCUT2D eigenvalue weighted by Crippen LogP contribution is -2.35. The zero-order valence-corrected chi connectivity index (χ0v) is 11.3. The molecule has 3 nitrogen and oxygen atoms in total. The van der Waals surface area contributed by atoms with E-state index in [-0.39, 0.29) is 5.56 Å². The van der Waals surface area contributed by atoms with Crippen molar-refractivity contribution in [3.05, 3.63) is 28.2 Å². The highest BCUT2D eigenvalue weighted by Gasteiger charge is 2.31. The fourth-order valence-corrected chi connectivity index (χ4v) is 1.87. The molecule has 1 aromatic rings. The van der Waals surface area contributed by atoms with Crippen LogP contribution in [0, 0.1) is 0 Å². The molecule has 0 N–H and O–H groups in total. The van der Waals surface area contributed by atoms with E-state index >= 15 is 0 Å². The van der Waals surface area contributed by atoms with Crippen molar-refractivity contribution in [1.82, 2.24) is 4.90 Å². The van der Waals surface area contributed by atoms with Crippen molar-refractivity contribution in [2.75, 3.05) is 20.7 Å². The van der Waals surface area contributed by atoms with E-state index in [1.54, 1.807) is 0 Å². The van der Waals surface area contributed by atoms with Gasteiger partial charge in [-0.2, -0.15) is 13.2 Å². The molecule has 0 aromatic heterocycles. The molecule has 1 amide bonds. The van der Waals surface area contributed by atoms with E-state index in [0.29, 0.717) is 15.1 Å². The Morgan fingerprint density at radius 1 is 1.44 bits per heavy atom. The third-order valence-corrected chi connectivity index (χ3v) is 2.83. The highest BCUT2D eigenvalue weighted by Crippen LogP contribution is 2.25. The number of carbonyl (C=O) groups is 1. The molecule has 18 heavy (non-hydrogen) atoms. The van der Waals surface area contributed by atoms with Crippen LogP contribution < -0.4 is 4.74 Å². The van der Waals surface area contributed by atoms with Crippen LogP contribution in [0.25, 0.3) is 0 Å². The Morgan fingerprint density at radius 3 is 2.50 bits per heavy atom. The van der Waals surface area contributed by atoms with Crippen LogP contribution in [0.4, 0.5) is 13.2 Å². The summed E-state index contributed by atoms with van der Waals surface area (Å²) in [6, 6.07) is 4.45. The number of alkyl halides is 3. The number of methoxy groups -OCH3 is 1. The molecule has 100 valence electrons.